The first-order valence-corrected chi connectivity index (χ1v) is 6.20. The molecule has 2 N–H and O–H groups in total. The normalized spacial score (nSPS) is 10.2. The van der Waals surface area contributed by atoms with Crippen LogP contribution >= 0.6 is 15.9 Å². The van der Waals surface area contributed by atoms with Crippen LogP contribution in [0.3, 0.4) is 0 Å². The zero-order valence-corrected chi connectivity index (χ0v) is 11.3. The number of nitrogens with one attached hydrogen (secondary N) is 1. The summed E-state index contributed by atoms with van der Waals surface area (Å²) in [6.45, 7) is 1.47. The minimum Gasteiger partial charge on any atom is -0.478 e. The SMILES string of the molecule is COCCCCNc1ccc(Br)cc1C(=O)O. The summed E-state index contributed by atoms with van der Waals surface area (Å²) in [5.74, 6) is -0.925. The molecule has 0 fully saturated rings. The number of benzene rings is 1. The molecule has 0 saturated heterocycles. The van der Waals surface area contributed by atoms with Crippen molar-refractivity contribution in [1.82, 2.24) is 0 Å². The second-order valence-electron chi connectivity index (χ2n) is 3.62. The Morgan fingerprint density at radius 2 is 2.24 bits per heavy atom. The number of hydrogen-bond donors (Lipinski definition) is 2. The zero-order valence-electron chi connectivity index (χ0n) is 9.70. The predicted molar refractivity (Wildman–Crippen MR) is 70.7 cm³/mol. The van der Waals surface area contributed by atoms with E-state index in [0.717, 1.165) is 30.5 Å². The van der Waals surface area contributed by atoms with Gasteiger partial charge in [-0.25, -0.2) is 4.79 Å². The van der Waals surface area contributed by atoms with Gasteiger partial charge in [0, 0.05) is 30.4 Å². The van der Waals surface area contributed by atoms with Gasteiger partial charge >= 0.3 is 5.97 Å². The molecule has 17 heavy (non-hydrogen) atoms. The van der Waals surface area contributed by atoms with E-state index in [4.69, 9.17) is 9.84 Å². The number of halogens is 1. The number of rotatable bonds is 7. The van der Waals surface area contributed by atoms with Crippen molar-refractivity contribution >= 4 is 27.6 Å². The van der Waals surface area contributed by atoms with E-state index in [2.05, 4.69) is 21.2 Å². The van der Waals surface area contributed by atoms with Crippen molar-refractivity contribution in [2.75, 3.05) is 25.6 Å². The molecular formula is C12H16BrNO3. The minimum absolute atomic E-state index is 0.283. The van der Waals surface area contributed by atoms with E-state index >= 15 is 0 Å². The van der Waals surface area contributed by atoms with Crippen molar-refractivity contribution in [2.24, 2.45) is 0 Å². The molecule has 0 aliphatic rings. The zero-order chi connectivity index (χ0) is 12.7. The molecule has 0 heterocycles. The molecule has 0 aliphatic carbocycles. The van der Waals surface area contributed by atoms with Crippen LogP contribution in [0, 0.1) is 0 Å². The molecule has 5 heteroatoms. The molecule has 0 radical (unpaired) electrons. The van der Waals surface area contributed by atoms with Crippen LogP contribution in [0.5, 0.6) is 0 Å². The van der Waals surface area contributed by atoms with E-state index in [1.165, 1.54) is 0 Å². The molecule has 1 aromatic rings. The van der Waals surface area contributed by atoms with Crippen LogP contribution in [0.2, 0.25) is 0 Å². The Kier molecular flexibility index (Phi) is 6.00. The highest BCUT2D eigenvalue weighted by atomic mass is 79.9. The summed E-state index contributed by atoms with van der Waals surface area (Å²) in [7, 11) is 1.67. The Hall–Kier alpha value is -1.07. The maximum absolute atomic E-state index is 11.0. The van der Waals surface area contributed by atoms with Gasteiger partial charge in [-0.2, -0.15) is 0 Å². The Bertz CT molecular complexity index is 382. The lowest BCUT2D eigenvalue weighted by atomic mass is 10.1. The number of methoxy groups -OCH3 is 1. The number of unbranched alkanes of at least 4 members (excludes halogenated alkanes) is 1. The Balaban J connectivity index is 2.55. The highest BCUT2D eigenvalue weighted by Crippen LogP contribution is 2.21. The van der Waals surface area contributed by atoms with Crippen LogP contribution in [-0.2, 0) is 4.74 Å². The maximum Gasteiger partial charge on any atom is 0.337 e. The van der Waals surface area contributed by atoms with Crippen LogP contribution in [0.15, 0.2) is 22.7 Å². The summed E-state index contributed by atoms with van der Waals surface area (Å²) in [5.41, 5.74) is 0.934. The Labute approximate surface area is 109 Å². The lowest BCUT2D eigenvalue weighted by molar-refractivity contribution is 0.0698. The van der Waals surface area contributed by atoms with E-state index in [0.29, 0.717) is 5.69 Å². The van der Waals surface area contributed by atoms with E-state index in [9.17, 15) is 4.79 Å². The standard InChI is InChI=1S/C12H16BrNO3/c1-17-7-3-2-6-14-11-5-4-9(13)8-10(11)12(15)16/h4-5,8,14H,2-3,6-7H2,1H3,(H,15,16). The summed E-state index contributed by atoms with van der Waals surface area (Å²) in [5, 5.41) is 12.2. The van der Waals surface area contributed by atoms with Crippen molar-refractivity contribution in [2.45, 2.75) is 12.8 Å². The van der Waals surface area contributed by atoms with E-state index in [1.54, 1.807) is 19.2 Å². The molecule has 0 bridgehead atoms. The number of ether oxygens (including phenoxy) is 1. The van der Waals surface area contributed by atoms with Gasteiger partial charge < -0.3 is 15.2 Å². The molecule has 0 aromatic heterocycles. The van der Waals surface area contributed by atoms with Gasteiger partial charge in [0.05, 0.1) is 5.56 Å². The van der Waals surface area contributed by atoms with Gasteiger partial charge in [0.25, 0.3) is 0 Å². The van der Waals surface area contributed by atoms with Crippen LogP contribution in [-0.4, -0.2) is 31.3 Å². The fourth-order valence-electron chi connectivity index (χ4n) is 1.44. The number of aromatic carboxylic acids is 1. The molecule has 0 spiro atoms. The molecular weight excluding hydrogens is 286 g/mol. The topological polar surface area (TPSA) is 58.6 Å². The van der Waals surface area contributed by atoms with Gasteiger partial charge in [-0.15, -0.1) is 0 Å². The average Bonchev–Trinajstić information content (AvgIpc) is 2.30. The number of carbonyl (C=O) groups is 1. The van der Waals surface area contributed by atoms with E-state index < -0.39 is 5.97 Å². The third-order valence-electron chi connectivity index (χ3n) is 2.30. The number of anilines is 1. The van der Waals surface area contributed by atoms with E-state index in [1.807, 2.05) is 6.07 Å². The number of carboxylic acids is 1. The molecule has 0 aliphatic heterocycles. The second kappa shape index (κ2) is 7.29. The molecule has 0 amide bonds. The predicted octanol–water partition coefficient (Wildman–Crippen LogP) is 2.99. The highest BCUT2D eigenvalue weighted by Gasteiger charge is 2.09. The summed E-state index contributed by atoms with van der Waals surface area (Å²) < 4.78 is 5.71. The van der Waals surface area contributed by atoms with Gasteiger partial charge in [-0.3, -0.25) is 0 Å². The molecule has 1 rings (SSSR count). The van der Waals surface area contributed by atoms with Crippen LogP contribution < -0.4 is 5.32 Å². The van der Waals surface area contributed by atoms with E-state index in [-0.39, 0.29) is 5.56 Å². The van der Waals surface area contributed by atoms with Gasteiger partial charge in [0.2, 0.25) is 0 Å². The van der Waals surface area contributed by atoms with Crippen molar-refractivity contribution in [3.63, 3.8) is 0 Å². The fourth-order valence-corrected chi connectivity index (χ4v) is 1.80. The van der Waals surface area contributed by atoms with Crippen molar-refractivity contribution in [3.8, 4) is 0 Å². The average molecular weight is 302 g/mol. The lowest BCUT2D eigenvalue weighted by Gasteiger charge is -2.09. The first-order valence-electron chi connectivity index (χ1n) is 5.41. The summed E-state index contributed by atoms with van der Waals surface area (Å²) in [6.07, 6.45) is 1.91. The largest absolute Gasteiger partial charge is 0.478 e. The van der Waals surface area contributed by atoms with Crippen LogP contribution in [0.1, 0.15) is 23.2 Å². The number of carboxylic acid groups (broad SMARTS) is 1. The van der Waals surface area contributed by atoms with Crippen molar-refractivity contribution in [3.05, 3.63) is 28.2 Å². The first-order chi connectivity index (χ1) is 8.15. The molecule has 0 atom stereocenters. The highest BCUT2D eigenvalue weighted by molar-refractivity contribution is 9.10. The molecule has 4 nitrogen and oxygen atoms in total. The van der Waals surface area contributed by atoms with Crippen molar-refractivity contribution in [1.29, 1.82) is 0 Å². The van der Waals surface area contributed by atoms with Gasteiger partial charge in [-0.05, 0) is 31.0 Å². The third-order valence-corrected chi connectivity index (χ3v) is 2.80. The molecule has 94 valence electrons. The summed E-state index contributed by atoms with van der Waals surface area (Å²) >= 11 is 3.26. The molecule has 0 unspecified atom stereocenters. The van der Waals surface area contributed by atoms with Gasteiger partial charge in [0.1, 0.15) is 0 Å². The minimum atomic E-state index is -0.925. The van der Waals surface area contributed by atoms with Gasteiger partial charge in [0.15, 0.2) is 0 Å². The Morgan fingerprint density at radius 3 is 2.88 bits per heavy atom. The number of hydrogen-bond acceptors (Lipinski definition) is 3. The fraction of sp³-hybridized carbons (Fsp3) is 0.417. The quantitative estimate of drug-likeness (QED) is 0.760. The van der Waals surface area contributed by atoms with Crippen LogP contribution in [0.4, 0.5) is 5.69 Å². The summed E-state index contributed by atoms with van der Waals surface area (Å²) in [6, 6.07) is 5.19. The lowest BCUT2D eigenvalue weighted by Crippen LogP contribution is -2.08. The molecule has 0 saturated carbocycles. The summed E-state index contributed by atoms with van der Waals surface area (Å²) in [4.78, 5) is 11.0. The monoisotopic (exact) mass is 301 g/mol. The maximum atomic E-state index is 11.0. The molecule has 1 aromatic carbocycles. The smallest absolute Gasteiger partial charge is 0.337 e. The first kappa shape index (κ1) is 14.0. The van der Waals surface area contributed by atoms with Crippen LogP contribution in [0.25, 0.3) is 0 Å². The second-order valence-corrected chi connectivity index (χ2v) is 4.54. The van der Waals surface area contributed by atoms with Gasteiger partial charge in [-0.1, -0.05) is 15.9 Å². The third kappa shape index (κ3) is 4.75. The van der Waals surface area contributed by atoms with Crippen molar-refractivity contribution < 1.29 is 14.6 Å². The Morgan fingerprint density at radius 1 is 1.47 bits per heavy atom.